The maximum atomic E-state index is 9.28. The molecule has 0 aliphatic carbocycles. The minimum atomic E-state index is 0.180. The van der Waals surface area contributed by atoms with Gasteiger partial charge in [0.15, 0.2) is 0 Å². The van der Waals surface area contributed by atoms with Gasteiger partial charge >= 0.3 is 0 Å². The van der Waals surface area contributed by atoms with Crippen LogP contribution in [0.1, 0.15) is 10.9 Å². The van der Waals surface area contributed by atoms with Gasteiger partial charge in [-0.2, -0.15) is 0 Å². The highest BCUT2D eigenvalue weighted by molar-refractivity contribution is 7.10. The van der Waals surface area contributed by atoms with Crippen LogP contribution in [0.3, 0.4) is 0 Å². The van der Waals surface area contributed by atoms with Gasteiger partial charge in [0.2, 0.25) is 0 Å². The number of nitrogens with two attached hydrogens (primary N) is 1. The molecule has 0 aliphatic rings. The Morgan fingerprint density at radius 2 is 2.00 bits per heavy atom. The van der Waals surface area contributed by atoms with Crippen molar-refractivity contribution in [2.24, 2.45) is 5.73 Å². The first-order chi connectivity index (χ1) is 8.22. The predicted octanol–water partition coefficient (Wildman–Crippen LogP) is 2.59. The molecule has 4 heteroatoms. The zero-order valence-corrected chi connectivity index (χ0v) is 10.5. The van der Waals surface area contributed by atoms with E-state index in [2.05, 4.69) is 16.3 Å². The fraction of sp³-hybridized carbons (Fsp3) is 0.231. The Labute approximate surface area is 105 Å². The third-order valence-corrected chi connectivity index (χ3v) is 3.79. The maximum absolute atomic E-state index is 9.28. The standard InChI is InChI=1S/C13H16N2OS/c1-15(10-4-6-11(16)7-5-10)12(9-14)13-3-2-8-17-13/h2-8,12,16H,9,14H2,1H3. The number of thiophene rings is 1. The number of likely N-dealkylation sites (N-methyl/N-ethyl adjacent to an activating group) is 1. The highest BCUT2D eigenvalue weighted by Gasteiger charge is 2.16. The van der Waals surface area contributed by atoms with Crippen LogP contribution in [0.15, 0.2) is 41.8 Å². The molecular formula is C13H16N2OS. The molecule has 2 aromatic rings. The van der Waals surface area contributed by atoms with Gasteiger partial charge in [0, 0.05) is 24.2 Å². The Kier molecular flexibility index (Phi) is 3.66. The maximum Gasteiger partial charge on any atom is 0.115 e. The van der Waals surface area contributed by atoms with E-state index in [1.165, 1.54) is 4.88 Å². The van der Waals surface area contributed by atoms with Crippen LogP contribution >= 0.6 is 11.3 Å². The van der Waals surface area contributed by atoms with Gasteiger partial charge in [0.05, 0.1) is 6.04 Å². The van der Waals surface area contributed by atoms with Gasteiger partial charge < -0.3 is 15.7 Å². The van der Waals surface area contributed by atoms with Crippen LogP contribution in [-0.2, 0) is 0 Å². The van der Waals surface area contributed by atoms with E-state index in [-0.39, 0.29) is 11.8 Å². The van der Waals surface area contributed by atoms with Gasteiger partial charge in [-0.3, -0.25) is 0 Å². The first-order valence-electron chi connectivity index (χ1n) is 5.47. The third kappa shape index (κ3) is 2.60. The SMILES string of the molecule is CN(c1ccc(O)cc1)C(CN)c1cccs1. The summed E-state index contributed by atoms with van der Waals surface area (Å²) >= 11 is 1.71. The first-order valence-corrected chi connectivity index (χ1v) is 6.35. The van der Waals surface area contributed by atoms with Crippen molar-refractivity contribution in [1.29, 1.82) is 0 Å². The van der Waals surface area contributed by atoms with Gasteiger partial charge in [0.1, 0.15) is 5.75 Å². The average molecular weight is 248 g/mol. The van der Waals surface area contributed by atoms with E-state index in [0.717, 1.165) is 5.69 Å². The Balaban J connectivity index is 2.23. The fourth-order valence-electron chi connectivity index (χ4n) is 1.81. The molecule has 0 amide bonds. The second kappa shape index (κ2) is 5.21. The monoisotopic (exact) mass is 248 g/mol. The first kappa shape index (κ1) is 12.0. The minimum absolute atomic E-state index is 0.180. The number of aromatic hydroxyl groups is 1. The van der Waals surface area contributed by atoms with Crippen molar-refractivity contribution < 1.29 is 5.11 Å². The molecule has 0 fully saturated rings. The number of rotatable bonds is 4. The average Bonchev–Trinajstić information content (AvgIpc) is 2.84. The van der Waals surface area contributed by atoms with Crippen LogP contribution in [0.2, 0.25) is 0 Å². The van der Waals surface area contributed by atoms with Crippen LogP contribution in [0.4, 0.5) is 5.69 Å². The summed E-state index contributed by atoms with van der Waals surface area (Å²) in [6.45, 7) is 0.567. The van der Waals surface area contributed by atoms with Crippen molar-refractivity contribution in [1.82, 2.24) is 0 Å². The summed E-state index contributed by atoms with van der Waals surface area (Å²) in [5, 5.41) is 11.3. The second-order valence-electron chi connectivity index (χ2n) is 3.89. The highest BCUT2D eigenvalue weighted by Crippen LogP contribution is 2.28. The Morgan fingerprint density at radius 3 is 2.53 bits per heavy atom. The quantitative estimate of drug-likeness (QED) is 0.874. The van der Waals surface area contributed by atoms with Crippen molar-refractivity contribution in [3.63, 3.8) is 0 Å². The van der Waals surface area contributed by atoms with Crippen LogP contribution in [0.5, 0.6) is 5.75 Å². The number of anilines is 1. The van der Waals surface area contributed by atoms with E-state index in [1.54, 1.807) is 23.5 Å². The zero-order chi connectivity index (χ0) is 12.3. The molecule has 1 unspecified atom stereocenters. The minimum Gasteiger partial charge on any atom is -0.508 e. The van der Waals surface area contributed by atoms with Crippen molar-refractivity contribution in [3.05, 3.63) is 46.7 Å². The molecule has 17 heavy (non-hydrogen) atoms. The van der Waals surface area contributed by atoms with Crippen LogP contribution in [0.25, 0.3) is 0 Å². The number of hydrogen-bond acceptors (Lipinski definition) is 4. The van der Waals surface area contributed by atoms with E-state index in [9.17, 15) is 5.11 Å². The lowest BCUT2D eigenvalue weighted by atomic mass is 10.2. The summed E-state index contributed by atoms with van der Waals surface area (Å²) in [6, 6.07) is 11.5. The molecule has 0 saturated carbocycles. The number of nitrogens with zero attached hydrogens (tertiary/aromatic N) is 1. The van der Waals surface area contributed by atoms with Crippen molar-refractivity contribution in [2.75, 3.05) is 18.5 Å². The van der Waals surface area contributed by atoms with Crippen molar-refractivity contribution in [2.45, 2.75) is 6.04 Å². The molecule has 0 radical (unpaired) electrons. The second-order valence-corrected chi connectivity index (χ2v) is 4.87. The summed E-state index contributed by atoms with van der Waals surface area (Å²) in [7, 11) is 2.02. The lowest BCUT2D eigenvalue weighted by Crippen LogP contribution is -2.29. The molecule has 0 aliphatic heterocycles. The molecule has 0 saturated heterocycles. The number of phenols is 1. The molecule has 2 rings (SSSR count). The Bertz CT molecular complexity index is 453. The molecule has 3 nitrogen and oxygen atoms in total. The lowest BCUT2D eigenvalue weighted by molar-refractivity contribution is 0.475. The zero-order valence-electron chi connectivity index (χ0n) is 9.71. The van der Waals surface area contributed by atoms with E-state index < -0.39 is 0 Å². The summed E-state index contributed by atoms with van der Waals surface area (Å²) < 4.78 is 0. The molecule has 1 heterocycles. The van der Waals surface area contributed by atoms with E-state index in [0.29, 0.717) is 6.54 Å². The summed E-state index contributed by atoms with van der Waals surface area (Å²) in [4.78, 5) is 3.38. The molecule has 1 aromatic heterocycles. The molecule has 1 aromatic carbocycles. The smallest absolute Gasteiger partial charge is 0.115 e. The number of hydrogen-bond donors (Lipinski definition) is 2. The van der Waals surface area contributed by atoms with E-state index in [1.807, 2.05) is 25.2 Å². The molecule has 3 N–H and O–H groups in total. The van der Waals surface area contributed by atoms with Gasteiger partial charge in [-0.05, 0) is 35.7 Å². The van der Waals surface area contributed by atoms with Gasteiger partial charge in [-0.25, -0.2) is 0 Å². The number of phenolic OH excluding ortho intramolecular Hbond substituents is 1. The molecular weight excluding hydrogens is 232 g/mol. The topological polar surface area (TPSA) is 49.5 Å². The van der Waals surface area contributed by atoms with Gasteiger partial charge in [0.25, 0.3) is 0 Å². The highest BCUT2D eigenvalue weighted by atomic mass is 32.1. The largest absolute Gasteiger partial charge is 0.508 e. The lowest BCUT2D eigenvalue weighted by Gasteiger charge is -2.28. The Morgan fingerprint density at radius 1 is 1.29 bits per heavy atom. The van der Waals surface area contributed by atoms with Gasteiger partial charge in [-0.1, -0.05) is 6.07 Å². The predicted molar refractivity (Wildman–Crippen MR) is 72.6 cm³/mol. The summed E-state index contributed by atoms with van der Waals surface area (Å²) in [5.74, 6) is 0.280. The van der Waals surface area contributed by atoms with Crippen molar-refractivity contribution >= 4 is 17.0 Å². The molecule has 90 valence electrons. The van der Waals surface area contributed by atoms with Crippen molar-refractivity contribution in [3.8, 4) is 5.75 Å². The summed E-state index contributed by atoms with van der Waals surface area (Å²) in [6.07, 6.45) is 0. The molecule has 1 atom stereocenters. The Hall–Kier alpha value is -1.52. The van der Waals surface area contributed by atoms with Gasteiger partial charge in [-0.15, -0.1) is 11.3 Å². The summed E-state index contributed by atoms with van der Waals surface area (Å²) in [5.41, 5.74) is 6.90. The van der Waals surface area contributed by atoms with Crippen LogP contribution in [-0.4, -0.2) is 18.7 Å². The fourth-order valence-corrected chi connectivity index (χ4v) is 2.70. The third-order valence-electron chi connectivity index (χ3n) is 2.82. The molecule has 0 spiro atoms. The van der Waals surface area contributed by atoms with E-state index in [4.69, 9.17) is 5.73 Å². The number of benzene rings is 1. The molecule has 0 bridgehead atoms. The normalized spacial score (nSPS) is 12.4. The van der Waals surface area contributed by atoms with Crippen LogP contribution in [0, 0.1) is 0 Å². The van der Waals surface area contributed by atoms with E-state index >= 15 is 0 Å². The van der Waals surface area contributed by atoms with Crippen LogP contribution < -0.4 is 10.6 Å².